The van der Waals surface area contributed by atoms with Crippen LogP contribution in [0.25, 0.3) is 0 Å². The van der Waals surface area contributed by atoms with Crippen LogP contribution in [0.1, 0.15) is 18.3 Å². The van der Waals surface area contributed by atoms with Gasteiger partial charge in [0, 0.05) is 26.7 Å². The molecular weight excluding hydrogens is 280 g/mol. The van der Waals surface area contributed by atoms with Gasteiger partial charge in [-0.25, -0.2) is 8.42 Å². The summed E-state index contributed by atoms with van der Waals surface area (Å²) in [4.78, 5) is 0.261. The Hall–Kier alpha value is -0.960. The summed E-state index contributed by atoms with van der Waals surface area (Å²) in [5, 5.41) is 4.25. The molecule has 0 bridgehead atoms. The van der Waals surface area contributed by atoms with E-state index in [1.165, 1.54) is 4.31 Å². The van der Waals surface area contributed by atoms with Crippen LogP contribution >= 0.6 is 0 Å². The molecular formula is C12H24N4O3S. The van der Waals surface area contributed by atoms with Gasteiger partial charge < -0.3 is 10.5 Å². The molecule has 0 saturated heterocycles. The summed E-state index contributed by atoms with van der Waals surface area (Å²) in [6.45, 7) is 6.50. The lowest BCUT2D eigenvalue weighted by molar-refractivity contribution is 0.149. The van der Waals surface area contributed by atoms with Crippen LogP contribution in [0.2, 0.25) is 0 Å². The van der Waals surface area contributed by atoms with E-state index in [0.717, 1.165) is 0 Å². The Kier molecular flexibility index (Phi) is 5.69. The summed E-state index contributed by atoms with van der Waals surface area (Å²) in [6.07, 6.45) is 0. The SMILES string of the molecule is COCC(C)N(C)S(=O)(=O)c1c(C)nn(CCN)c1C. The Morgan fingerprint density at radius 2 is 2.05 bits per heavy atom. The Morgan fingerprint density at radius 3 is 2.55 bits per heavy atom. The molecule has 0 aliphatic rings. The smallest absolute Gasteiger partial charge is 0.246 e. The second kappa shape index (κ2) is 6.66. The molecule has 1 rings (SSSR count). The molecule has 2 N–H and O–H groups in total. The van der Waals surface area contributed by atoms with E-state index >= 15 is 0 Å². The number of hydrogen-bond donors (Lipinski definition) is 1. The summed E-state index contributed by atoms with van der Waals surface area (Å²) in [7, 11) is -0.488. The van der Waals surface area contributed by atoms with Gasteiger partial charge in [-0.1, -0.05) is 0 Å². The average molecular weight is 304 g/mol. The molecule has 1 aromatic rings. The molecule has 0 amide bonds. The highest BCUT2D eigenvalue weighted by Crippen LogP contribution is 2.23. The van der Waals surface area contributed by atoms with Crippen LogP contribution < -0.4 is 5.73 Å². The van der Waals surface area contributed by atoms with E-state index in [1.54, 1.807) is 39.6 Å². The third-order valence-electron chi connectivity index (χ3n) is 3.32. The van der Waals surface area contributed by atoms with Crippen molar-refractivity contribution in [2.75, 3.05) is 27.3 Å². The van der Waals surface area contributed by atoms with E-state index in [9.17, 15) is 8.42 Å². The zero-order valence-corrected chi connectivity index (χ0v) is 13.6. The molecule has 7 nitrogen and oxygen atoms in total. The zero-order valence-electron chi connectivity index (χ0n) is 12.8. The summed E-state index contributed by atoms with van der Waals surface area (Å²) in [5.74, 6) is 0. The van der Waals surface area contributed by atoms with E-state index in [4.69, 9.17) is 10.5 Å². The molecule has 0 spiro atoms. The lowest BCUT2D eigenvalue weighted by Gasteiger charge is -2.23. The Labute approximate surface area is 120 Å². The summed E-state index contributed by atoms with van der Waals surface area (Å²) in [5.41, 5.74) is 6.62. The van der Waals surface area contributed by atoms with Crippen LogP contribution in [-0.4, -0.2) is 55.9 Å². The molecule has 20 heavy (non-hydrogen) atoms. The van der Waals surface area contributed by atoms with Crippen molar-refractivity contribution in [2.45, 2.75) is 38.3 Å². The van der Waals surface area contributed by atoms with Crippen molar-refractivity contribution in [3.63, 3.8) is 0 Å². The molecule has 116 valence electrons. The minimum atomic E-state index is -3.59. The van der Waals surface area contributed by atoms with Crippen molar-refractivity contribution in [1.29, 1.82) is 0 Å². The van der Waals surface area contributed by atoms with Crippen LogP contribution in [0, 0.1) is 13.8 Å². The first-order chi connectivity index (χ1) is 9.27. The number of nitrogens with zero attached hydrogens (tertiary/aromatic N) is 3. The largest absolute Gasteiger partial charge is 0.383 e. The number of sulfonamides is 1. The Bertz CT molecular complexity index is 553. The number of rotatable bonds is 7. The van der Waals surface area contributed by atoms with Gasteiger partial charge in [0.15, 0.2) is 0 Å². The van der Waals surface area contributed by atoms with Crippen LogP contribution in [0.3, 0.4) is 0 Å². The number of hydrogen-bond acceptors (Lipinski definition) is 5. The van der Waals surface area contributed by atoms with E-state index in [0.29, 0.717) is 31.1 Å². The molecule has 0 saturated carbocycles. The van der Waals surface area contributed by atoms with E-state index in [-0.39, 0.29) is 10.9 Å². The Balaban J connectivity index is 3.22. The second-order valence-electron chi connectivity index (χ2n) is 4.84. The van der Waals surface area contributed by atoms with Crippen LogP contribution in [-0.2, 0) is 21.3 Å². The maximum atomic E-state index is 12.7. The maximum Gasteiger partial charge on any atom is 0.246 e. The van der Waals surface area contributed by atoms with Gasteiger partial charge in [-0.2, -0.15) is 9.40 Å². The van der Waals surface area contributed by atoms with E-state index in [1.807, 2.05) is 0 Å². The summed E-state index contributed by atoms with van der Waals surface area (Å²) in [6, 6.07) is -0.248. The molecule has 0 aliphatic heterocycles. The van der Waals surface area contributed by atoms with Crippen molar-refractivity contribution in [2.24, 2.45) is 5.73 Å². The van der Waals surface area contributed by atoms with Crippen LogP contribution in [0.5, 0.6) is 0 Å². The average Bonchev–Trinajstić information content (AvgIpc) is 2.64. The molecule has 0 aliphatic carbocycles. The predicted molar refractivity (Wildman–Crippen MR) is 77.0 cm³/mol. The molecule has 0 radical (unpaired) electrons. The first kappa shape index (κ1) is 17.1. The van der Waals surface area contributed by atoms with Crippen molar-refractivity contribution in [1.82, 2.24) is 14.1 Å². The van der Waals surface area contributed by atoms with E-state index < -0.39 is 10.0 Å². The van der Waals surface area contributed by atoms with Gasteiger partial charge >= 0.3 is 0 Å². The molecule has 1 atom stereocenters. The molecule has 1 heterocycles. The van der Waals surface area contributed by atoms with E-state index in [2.05, 4.69) is 5.10 Å². The molecule has 1 aromatic heterocycles. The number of likely N-dealkylation sites (N-methyl/N-ethyl adjacent to an activating group) is 1. The molecule has 8 heteroatoms. The number of nitrogens with two attached hydrogens (primary N) is 1. The summed E-state index contributed by atoms with van der Waals surface area (Å²) >= 11 is 0. The number of aryl methyl sites for hydroxylation is 1. The quantitative estimate of drug-likeness (QED) is 0.772. The van der Waals surface area contributed by atoms with Gasteiger partial charge in [-0.3, -0.25) is 4.68 Å². The maximum absolute atomic E-state index is 12.7. The topological polar surface area (TPSA) is 90.5 Å². The van der Waals surface area contributed by atoms with Crippen LogP contribution in [0.4, 0.5) is 0 Å². The third-order valence-corrected chi connectivity index (χ3v) is 5.55. The van der Waals surface area contributed by atoms with Gasteiger partial charge in [0.05, 0.1) is 24.5 Å². The molecule has 0 fully saturated rings. The standard InChI is InChI=1S/C12H24N4O3S/c1-9(8-19-5)15(4)20(17,18)12-10(2)14-16(7-6-13)11(12)3/h9H,6-8,13H2,1-5H3. The lowest BCUT2D eigenvalue weighted by Crippen LogP contribution is -2.38. The highest BCUT2D eigenvalue weighted by molar-refractivity contribution is 7.89. The molecule has 1 unspecified atom stereocenters. The molecule has 0 aromatic carbocycles. The number of ether oxygens (including phenoxy) is 1. The van der Waals surface area contributed by atoms with Gasteiger partial charge in [0.25, 0.3) is 0 Å². The number of aromatic nitrogens is 2. The lowest BCUT2D eigenvalue weighted by atomic mass is 10.4. The monoisotopic (exact) mass is 304 g/mol. The van der Waals surface area contributed by atoms with Gasteiger partial charge in [-0.15, -0.1) is 0 Å². The highest BCUT2D eigenvalue weighted by Gasteiger charge is 2.31. The summed E-state index contributed by atoms with van der Waals surface area (Å²) < 4.78 is 33.4. The fourth-order valence-corrected chi connectivity index (χ4v) is 3.84. The van der Waals surface area contributed by atoms with Gasteiger partial charge in [-0.05, 0) is 20.8 Å². The third kappa shape index (κ3) is 3.20. The Morgan fingerprint density at radius 1 is 1.45 bits per heavy atom. The normalized spacial score (nSPS) is 13.9. The van der Waals surface area contributed by atoms with Crippen LogP contribution in [0.15, 0.2) is 4.90 Å². The van der Waals surface area contributed by atoms with Crippen molar-refractivity contribution < 1.29 is 13.2 Å². The van der Waals surface area contributed by atoms with Crippen molar-refractivity contribution in [3.8, 4) is 0 Å². The van der Waals surface area contributed by atoms with Crippen molar-refractivity contribution >= 4 is 10.0 Å². The predicted octanol–water partition coefficient (Wildman–Crippen LogP) is 0.114. The minimum Gasteiger partial charge on any atom is -0.383 e. The highest BCUT2D eigenvalue weighted by atomic mass is 32.2. The van der Waals surface area contributed by atoms with Gasteiger partial charge in [0.2, 0.25) is 10.0 Å². The fourth-order valence-electron chi connectivity index (χ4n) is 2.12. The fraction of sp³-hybridized carbons (Fsp3) is 0.750. The zero-order chi connectivity index (χ0) is 15.5. The first-order valence-corrected chi connectivity index (χ1v) is 7.92. The second-order valence-corrected chi connectivity index (χ2v) is 6.77. The first-order valence-electron chi connectivity index (χ1n) is 6.48. The van der Waals surface area contributed by atoms with Crippen molar-refractivity contribution in [3.05, 3.63) is 11.4 Å². The van der Waals surface area contributed by atoms with Gasteiger partial charge in [0.1, 0.15) is 4.90 Å². The minimum absolute atomic E-state index is 0.248. The number of methoxy groups -OCH3 is 1.